The highest BCUT2D eigenvalue weighted by Gasteiger charge is 2.22. The lowest BCUT2D eigenvalue weighted by Gasteiger charge is -2.14. The van der Waals surface area contributed by atoms with Gasteiger partial charge in [0, 0.05) is 13.0 Å². The fourth-order valence-electron chi connectivity index (χ4n) is 1.12. The van der Waals surface area contributed by atoms with Gasteiger partial charge in [0.15, 0.2) is 0 Å². The summed E-state index contributed by atoms with van der Waals surface area (Å²) in [4.78, 5) is 0. The topological polar surface area (TPSA) is 59.1 Å². The quantitative estimate of drug-likeness (QED) is 0.469. The number of ether oxygens (including phenoxy) is 1. The average Bonchev–Trinajstić information content (AvgIpc) is 2.80. The second-order valence-electron chi connectivity index (χ2n) is 3.54. The van der Waals surface area contributed by atoms with Crippen LogP contribution in [0.15, 0.2) is 0 Å². The molecule has 3 nitrogen and oxygen atoms in total. The van der Waals surface area contributed by atoms with Crippen LogP contribution in [0.2, 0.25) is 0 Å². The van der Waals surface area contributed by atoms with Crippen molar-refractivity contribution in [2.75, 3.05) is 6.61 Å². The SMILES string of the molecule is CCC(CC(=N)N)OCC1CC1. The first-order chi connectivity index (χ1) is 5.72. The Morgan fingerprint density at radius 2 is 2.33 bits per heavy atom. The maximum Gasteiger partial charge on any atom is 0.0931 e. The maximum atomic E-state index is 7.13. The van der Waals surface area contributed by atoms with Crippen molar-refractivity contribution in [2.24, 2.45) is 11.7 Å². The van der Waals surface area contributed by atoms with Gasteiger partial charge in [0.1, 0.15) is 0 Å². The molecule has 0 bridgehead atoms. The number of nitrogens with one attached hydrogen (secondary N) is 1. The van der Waals surface area contributed by atoms with Crippen molar-refractivity contribution in [3.8, 4) is 0 Å². The summed E-state index contributed by atoms with van der Waals surface area (Å²) in [5.41, 5.74) is 5.29. The Morgan fingerprint density at radius 3 is 2.75 bits per heavy atom. The van der Waals surface area contributed by atoms with E-state index in [1.807, 2.05) is 0 Å². The summed E-state index contributed by atoms with van der Waals surface area (Å²) in [5, 5.41) is 7.13. The minimum absolute atomic E-state index is 0.170. The van der Waals surface area contributed by atoms with Gasteiger partial charge in [-0.15, -0.1) is 0 Å². The fourth-order valence-corrected chi connectivity index (χ4v) is 1.12. The fraction of sp³-hybridized carbons (Fsp3) is 0.889. The molecule has 0 spiro atoms. The number of hydrogen-bond acceptors (Lipinski definition) is 2. The van der Waals surface area contributed by atoms with Crippen LogP contribution in [0.25, 0.3) is 0 Å². The van der Waals surface area contributed by atoms with Crippen LogP contribution in [-0.2, 0) is 4.74 Å². The Bertz CT molecular complexity index is 155. The number of rotatable bonds is 6. The maximum absolute atomic E-state index is 7.13. The molecule has 0 aromatic rings. The molecule has 1 aliphatic carbocycles. The molecule has 1 saturated carbocycles. The van der Waals surface area contributed by atoms with Crippen LogP contribution in [0.5, 0.6) is 0 Å². The van der Waals surface area contributed by atoms with Gasteiger partial charge in [-0.1, -0.05) is 6.92 Å². The van der Waals surface area contributed by atoms with Gasteiger partial charge in [-0.25, -0.2) is 0 Å². The predicted octanol–water partition coefficient (Wildman–Crippen LogP) is 1.52. The van der Waals surface area contributed by atoms with E-state index in [9.17, 15) is 0 Å². The van der Waals surface area contributed by atoms with E-state index in [0.717, 1.165) is 18.9 Å². The zero-order valence-electron chi connectivity index (χ0n) is 7.68. The molecular formula is C9H18N2O. The van der Waals surface area contributed by atoms with Gasteiger partial charge in [0.25, 0.3) is 0 Å². The van der Waals surface area contributed by atoms with E-state index < -0.39 is 0 Å². The predicted molar refractivity (Wildman–Crippen MR) is 49.3 cm³/mol. The summed E-state index contributed by atoms with van der Waals surface area (Å²) < 4.78 is 5.61. The van der Waals surface area contributed by atoms with Crippen LogP contribution >= 0.6 is 0 Å². The molecule has 0 radical (unpaired) electrons. The molecule has 0 amide bonds. The van der Waals surface area contributed by atoms with E-state index in [1.54, 1.807) is 0 Å². The van der Waals surface area contributed by atoms with Gasteiger partial charge in [-0.2, -0.15) is 0 Å². The molecule has 0 aromatic heterocycles. The normalized spacial score (nSPS) is 19.1. The molecule has 0 saturated heterocycles. The zero-order valence-corrected chi connectivity index (χ0v) is 7.68. The van der Waals surface area contributed by atoms with Crippen LogP contribution in [0.3, 0.4) is 0 Å². The summed E-state index contributed by atoms with van der Waals surface area (Å²) in [7, 11) is 0. The van der Waals surface area contributed by atoms with E-state index in [1.165, 1.54) is 12.8 Å². The molecule has 1 aliphatic rings. The van der Waals surface area contributed by atoms with E-state index in [0.29, 0.717) is 6.42 Å². The Balaban J connectivity index is 2.10. The summed E-state index contributed by atoms with van der Waals surface area (Å²) in [6.45, 7) is 2.94. The molecule has 1 fully saturated rings. The lowest BCUT2D eigenvalue weighted by atomic mass is 10.2. The highest BCUT2D eigenvalue weighted by atomic mass is 16.5. The second kappa shape index (κ2) is 4.45. The monoisotopic (exact) mass is 170 g/mol. The molecule has 1 unspecified atom stereocenters. The Hall–Kier alpha value is -0.570. The van der Waals surface area contributed by atoms with Gasteiger partial charge < -0.3 is 10.5 Å². The number of nitrogens with two attached hydrogens (primary N) is 1. The third-order valence-electron chi connectivity index (χ3n) is 2.17. The van der Waals surface area contributed by atoms with E-state index >= 15 is 0 Å². The zero-order chi connectivity index (χ0) is 8.97. The Kier molecular flexibility index (Phi) is 3.53. The lowest BCUT2D eigenvalue weighted by molar-refractivity contribution is 0.0481. The molecule has 3 N–H and O–H groups in total. The number of hydrogen-bond donors (Lipinski definition) is 2. The van der Waals surface area contributed by atoms with Gasteiger partial charge in [0.05, 0.1) is 11.9 Å². The van der Waals surface area contributed by atoms with Crippen molar-refractivity contribution in [3.63, 3.8) is 0 Å². The van der Waals surface area contributed by atoms with Crippen molar-refractivity contribution in [1.29, 1.82) is 5.41 Å². The first-order valence-corrected chi connectivity index (χ1v) is 4.66. The van der Waals surface area contributed by atoms with Gasteiger partial charge in [-0.3, -0.25) is 5.41 Å². The Morgan fingerprint density at radius 1 is 1.67 bits per heavy atom. The van der Waals surface area contributed by atoms with Crippen molar-refractivity contribution in [3.05, 3.63) is 0 Å². The first kappa shape index (κ1) is 9.52. The molecule has 3 heteroatoms. The molecule has 1 atom stereocenters. The molecule has 12 heavy (non-hydrogen) atoms. The molecular weight excluding hydrogens is 152 g/mol. The van der Waals surface area contributed by atoms with Crippen LogP contribution in [-0.4, -0.2) is 18.5 Å². The summed E-state index contributed by atoms with van der Waals surface area (Å²) in [6, 6.07) is 0. The van der Waals surface area contributed by atoms with Gasteiger partial charge >= 0.3 is 0 Å². The smallest absolute Gasteiger partial charge is 0.0931 e. The summed E-state index contributed by atoms with van der Waals surface area (Å²) >= 11 is 0. The minimum Gasteiger partial charge on any atom is -0.388 e. The van der Waals surface area contributed by atoms with Gasteiger partial charge in [-0.05, 0) is 25.2 Å². The van der Waals surface area contributed by atoms with Gasteiger partial charge in [0.2, 0.25) is 0 Å². The van der Waals surface area contributed by atoms with Crippen molar-refractivity contribution >= 4 is 5.84 Å². The Labute approximate surface area is 73.8 Å². The highest BCUT2D eigenvalue weighted by molar-refractivity contribution is 5.77. The molecule has 70 valence electrons. The van der Waals surface area contributed by atoms with E-state index in [2.05, 4.69) is 6.92 Å². The molecule has 1 rings (SSSR count). The number of amidine groups is 1. The van der Waals surface area contributed by atoms with Crippen molar-refractivity contribution < 1.29 is 4.74 Å². The van der Waals surface area contributed by atoms with Crippen molar-refractivity contribution in [1.82, 2.24) is 0 Å². The highest BCUT2D eigenvalue weighted by Crippen LogP contribution is 2.29. The van der Waals surface area contributed by atoms with Crippen LogP contribution in [0.4, 0.5) is 0 Å². The average molecular weight is 170 g/mol. The van der Waals surface area contributed by atoms with Crippen molar-refractivity contribution in [2.45, 2.75) is 38.7 Å². The first-order valence-electron chi connectivity index (χ1n) is 4.66. The standard InChI is InChI=1S/C9H18N2O/c1-2-8(5-9(10)11)12-6-7-3-4-7/h7-8H,2-6H2,1H3,(H3,10,11). The van der Waals surface area contributed by atoms with Crippen LogP contribution in [0.1, 0.15) is 32.6 Å². The molecule has 0 aromatic carbocycles. The van der Waals surface area contributed by atoms with E-state index in [4.69, 9.17) is 15.9 Å². The minimum atomic E-state index is 0.170. The summed E-state index contributed by atoms with van der Waals surface area (Å²) in [6.07, 6.45) is 4.34. The third kappa shape index (κ3) is 3.72. The lowest BCUT2D eigenvalue weighted by Crippen LogP contribution is -2.22. The second-order valence-corrected chi connectivity index (χ2v) is 3.54. The van der Waals surface area contributed by atoms with E-state index in [-0.39, 0.29) is 11.9 Å². The van der Waals surface area contributed by atoms with Crippen LogP contribution < -0.4 is 5.73 Å². The van der Waals surface area contributed by atoms with Crippen LogP contribution in [0, 0.1) is 11.3 Å². The third-order valence-corrected chi connectivity index (χ3v) is 2.17. The largest absolute Gasteiger partial charge is 0.388 e. The molecule has 0 aliphatic heterocycles. The summed E-state index contributed by atoms with van der Waals surface area (Å²) in [5.74, 6) is 1.03. The molecule has 0 heterocycles.